The second-order valence-corrected chi connectivity index (χ2v) is 3.73. The molecule has 0 spiro atoms. The Morgan fingerprint density at radius 1 is 1.56 bits per heavy atom. The van der Waals surface area contributed by atoms with E-state index in [2.05, 4.69) is 0 Å². The van der Waals surface area contributed by atoms with Crippen LogP contribution in [0.2, 0.25) is 0 Å². The third kappa shape index (κ3) is 1.83. The quantitative estimate of drug-likeness (QED) is 0.863. The lowest BCUT2D eigenvalue weighted by Gasteiger charge is -2.46. The van der Waals surface area contributed by atoms with Crippen molar-refractivity contribution in [1.29, 1.82) is 0 Å². The maximum absolute atomic E-state index is 13.8. The molecule has 1 saturated heterocycles. The van der Waals surface area contributed by atoms with Gasteiger partial charge in [-0.25, -0.2) is 8.78 Å². The van der Waals surface area contributed by atoms with Crippen LogP contribution in [-0.4, -0.2) is 29.6 Å². The first-order chi connectivity index (χ1) is 10.2. The van der Waals surface area contributed by atoms with Crippen molar-refractivity contribution in [2.45, 2.75) is 18.8 Å². The van der Waals surface area contributed by atoms with Gasteiger partial charge in [0.15, 0.2) is 11.6 Å². The molecule has 0 unspecified atom stereocenters. The molecule has 2 rings (SSSR count). The molecule has 1 aromatic rings. The minimum Gasteiger partial charge on any atom is -0.382 e. The Labute approximate surface area is 103 Å². The van der Waals surface area contributed by atoms with Crippen molar-refractivity contribution in [3.63, 3.8) is 0 Å². The Morgan fingerprint density at radius 2 is 2.31 bits per heavy atom. The number of hydrogen-bond donors (Lipinski definition) is 1. The van der Waals surface area contributed by atoms with E-state index in [4.69, 9.17) is 9.60 Å². The highest BCUT2D eigenvalue weighted by molar-refractivity contribution is 5.28. The van der Waals surface area contributed by atoms with Gasteiger partial charge in [0, 0.05) is 28.2 Å². The van der Waals surface area contributed by atoms with E-state index in [-0.39, 0.29) is 5.56 Å². The van der Waals surface area contributed by atoms with E-state index < -0.39 is 50.0 Å². The predicted molar refractivity (Wildman–Crippen MR) is 57.0 cm³/mol. The number of rotatable bonds is 3. The monoisotopic (exact) mass is 234 g/mol. The van der Waals surface area contributed by atoms with E-state index in [9.17, 15) is 13.9 Å². The molecule has 0 atom stereocenters. The minimum absolute atomic E-state index is 0.376. The number of aliphatic hydroxyl groups is 1. The molecule has 1 fully saturated rings. The van der Waals surface area contributed by atoms with Crippen molar-refractivity contribution in [2.75, 3.05) is 19.6 Å². The van der Waals surface area contributed by atoms with Crippen LogP contribution in [0.15, 0.2) is 18.2 Å². The fourth-order valence-electron chi connectivity index (χ4n) is 1.78. The SMILES string of the molecule is [2H]C([2H])([2H])C([2H])([2H])C([2H])([2H])N1CC(O)(c2cccc(F)c2F)C1. The molecule has 0 amide bonds. The Balaban J connectivity index is 2.25. The molecule has 1 aliphatic rings. The lowest BCUT2D eigenvalue weighted by Crippen LogP contribution is -2.59. The van der Waals surface area contributed by atoms with E-state index >= 15 is 0 Å². The van der Waals surface area contributed by atoms with Gasteiger partial charge < -0.3 is 5.11 Å². The highest BCUT2D eigenvalue weighted by Crippen LogP contribution is 2.33. The van der Waals surface area contributed by atoms with E-state index in [1.165, 1.54) is 6.07 Å². The van der Waals surface area contributed by atoms with Crippen LogP contribution in [0.4, 0.5) is 8.78 Å². The molecule has 0 aliphatic carbocycles. The Kier molecular flexibility index (Phi) is 1.43. The number of benzene rings is 1. The van der Waals surface area contributed by atoms with Crippen LogP contribution in [0.25, 0.3) is 0 Å². The van der Waals surface area contributed by atoms with E-state index in [1.807, 2.05) is 0 Å². The van der Waals surface area contributed by atoms with Gasteiger partial charge in [-0.1, -0.05) is 19.0 Å². The molecule has 0 radical (unpaired) electrons. The van der Waals surface area contributed by atoms with Crippen LogP contribution >= 0.6 is 0 Å². The van der Waals surface area contributed by atoms with Crippen LogP contribution in [0.3, 0.4) is 0 Å². The van der Waals surface area contributed by atoms with Crippen molar-refractivity contribution in [3.05, 3.63) is 35.4 Å². The van der Waals surface area contributed by atoms with Crippen molar-refractivity contribution in [2.24, 2.45) is 0 Å². The van der Waals surface area contributed by atoms with Crippen LogP contribution in [0, 0.1) is 11.6 Å². The van der Waals surface area contributed by atoms with E-state index in [0.717, 1.165) is 17.0 Å². The largest absolute Gasteiger partial charge is 0.382 e. The minimum atomic E-state index is -3.23. The fourth-order valence-corrected chi connectivity index (χ4v) is 1.78. The Bertz CT molecular complexity index is 614. The smallest absolute Gasteiger partial charge is 0.164 e. The molecule has 1 N–H and O–H groups in total. The van der Waals surface area contributed by atoms with Crippen molar-refractivity contribution >= 4 is 0 Å². The van der Waals surface area contributed by atoms with Crippen LogP contribution in [0.1, 0.15) is 28.4 Å². The molecule has 1 aromatic carbocycles. The van der Waals surface area contributed by atoms with Gasteiger partial charge >= 0.3 is 0 Å². The third-order valence-electron chi connectivity index (χ3n) is 2.57. The first-order valence-electron chi connectivity index (χ1n) is 8.16. The molecule has 0 saturated carbocycles. The normalized spacial score (nSPS) is 28.6. The van der Waals surface area contributed by atoms with Gasteiger partial charge in [0.05, 0.1) is 0 Å². The highest BCUT2D eigenvalue weighted by Gasteiger charge is 2.44. The first-order valence-corrected chi connectivity index (χ1v) is 4.66. The van der Waals surface area contributed by atoms with Crippen molar-refractivity contribution in [1.82, 2.24) is 4.90 Å². The summed E-state index contributed by atoms with van der Waals surface area (Å²) in [5.41, 5.74) is -2.29. The Hall–Kier alpha value is -1.00. The summed E-state index contributed by atoms with van der Waals surface area (Å²) in [6.45, 7) is -7.27. The number of nitrogens with zero attached hydrogens (tertiary/aromatic N) is 1. The maximum atomic E-state index is 13.8. The van der Waals surface area contributed by atoms with Gasteiger partial charge in [0.2, 0.25) is 0 Å². The standard InChI is InChI=1S/C12H15F2NO/c1-2-6-15-7-12(16,8-15)9-4-3-5-10(13)11(9)14/h3-5,16H,2,6-8H2,1H3/i1D3,2D2,6D2. The van der Waals surface area contributed by atoms with Crippen LogP contribution in [-0.2, 0) is 5.60 Å². The average molecular weight is 234 g/mol. The summed E-state index contributed by atoms with van der Waals surface area (Å²) in [5.74, 6) is -2.44. The van der Waals surface area contributed by atoms with Gasteiger partial charge in [-0.2, -0.15) is 0 Å². The Morgan fingerprint density at radius 3 is 3.00 bits per heavy atom. The third-order valence-corrected chi connectivity index (χ3v) is 2.57. The molecule has 1 heterocycles. The number of halogens is 2. The summed E-state index contributed by atoms with van der Waals surface area (Å²) >= 11 is 0. The number of likely N-dealkylation sites (tertiary alicyclic amines) is 1. The topological polar surface area (TPSA) is 23.5 Å². The zero-order chi connectivity index (χ0) is 17.8. The molecular weight excluding hydrogens is 212 g/mol. The fraction of sp³-hybridized carbons (Fsp3) is 0.500. The summed E-state index contributed by atoms with van der Waals surface area (Å²) in [5, 5.41) is 10.3. The zero-order valence-corrected chi connectivity index (χ0v) is 8.30. The molecule has 2 nitrogen and oxygen atoms in total. The second kappa shape index (κ2) is 4.11. The first kappa shape index (κ1) is 5.56. The molecule has 4 heteroatoms. The molecule has 0 bridgehead atoms. The number of β-amino-alcohol motifs (C(OH)–C–C–N with tert-alkyl or cyclic N) is 1. The summed E-state index contributed by atoms with van der Waals surface area (Å²) in [6, 6.07) is 3.19. The lowest BCUT2D eigenvalue weighted by atomic mass is 9.85. The van der Waals surface area contributed by atoms with Gasteiger partial charge in [0.25, 0.3) is 0 Å². The van der Waals surface area contributed by atoms with Crippen molar-refractivity contribution in [3.8, 4) is 0 Å². The van der Waals surface area contributed by atoms with Crippen LogP contribution in [0.5, 0.6) is 0 Å². The second-order valence-electron chi connectivity index (χ2n) is 3.73. The van der Waals surface area contributed by atoms with Gasteiger partial charge in [-0.3, -0.25) is 4.90 Å². The molecule has 0 aromatic heterocycles. The molecule has 1 aliphatic heterocycles. The summed E-state index contributed by atoms with van der Waals surface area (Å²) < 4.78 is 78.9. The molecule has 88 valence electrons. The highest BCUT2D eigenvalue weighted by atomic mass is 19.2. The van der Waals surface area contributed by atoms with Crippen LogP contribution < -0.4 is 0 Å². The average Bonchev–Trinajstić information content (AvgIpc) is 2.36. The van der Waals surface area contributed by atoms with Gasteiger partial charge in [-0.05, 0) is 18.9 Å². The maximum Gasteiger partial charge on any atom is 0.164 e. The van der Waals surface area contributed by atoms with E-state index in [1.54, 1.807) is 0 Å². The van der Waals surface area contributed by atoms with Crippen molar-refractivity contribution < 1.29 is 23.5 Å². The predicted octanol–water partition coefficient (Wildman–Crippen LogP) is 1.88. The van der Waals surface area contributed by atoms with E-state index in [0.29, 0.717) is 0 Å². The molecule has 16 heavy (non-hydrogen) atoms. The summed E-state index contributed by atoms with van der Waals surface area (Å²) in [4.78, 5) is 0.754. The lowest BCUT2D eigenvalue weighted by molar-refractivity contribution is -0.106. The van der Waals surface area contributed by atoms with Gasteiger partial charge in [-0.15, -0.1) is 0 Å². The zero-order valence-electron chi connectivity index (χ0n) is 15.3. The number of hydrogen-bond acceptors (Lipinski definition) is 2. The van der Waals surface area contributed by atoms with Gasteiger partial charge in [0.1, 0.15) is 5.60 Å². The molecular formula is C12H15F2NO. The summed E-state index contributed by atoms with van der Waals surface area (Å²) in [7, 11) is 0. The summed E-state index contributed by atoms with van der Waals surface area (Å²) in [6.07, 6.45) is -3.21.